The topological polar surface area (TPSA) is 129 Å². The first kappa shape index (κ1) is 27.3. The molecule has 2 aromatic carbocycles. The normalized spacial score (nSPS) is 21.9. The van der Waals surface area contributed by atoms with Gasteiger partial charge >= 0.3 is 0 Å². The molecule has 2 aromatic heterocycles. The van der Waals surface area contributed by atoms with E-state index in [1.165, 1.54) is 12.1 Å². The molecule has 0 unspecified atom stereocenters. The number of hydrogen-bond donors (Lipinski definition) is 1. The Hall–Kier alpha value is -4.53. The van der Waals surface area contributed by atoms with Crippen LogP contribution in [0.3, 0.4) is 0 Å². The van der Waals surface area contributed by atoms with E-state index in [-0.39, 0.29) is 23.1 Å². The quantitative estimate of drug-likeness (QED) is 0.341. The number of primary amides is 1. The van der Waals surface area contributed by atoms with E-state index < -0.39 is 17.5 Å². The van der Waals surface area contributed by atoms with E-state index in [2.05, 4.69) is 26.6 Å². The fourth-order valence-electron chi connectivity index (χ4n) is 6.31. The van der Waals surface area contributed by atoms with Crippen molar-refractivity contribution >= 4 is 16.9 Å². The van der Waals surface area contributed by atoms with Gasteiger partial charge in [0.2, 0.25) is 5.91 Å². The monoisotopic (exact) mass is 582 g/mol. The number of carbonyl (C=O) groups is 1. The van der Waals surface area contributed by atoms with Crippen LogP contribution < -0.4 is 15.2 Å². The number of hydrogen-bond acceptors (Lipinski definition) is 8. The highest BCUT2D eigenvalue weighted by Crippen LogP contribution is 2.49. The molecule has 10 nitrogen and oxygen atoms in total. The molecule has 220 valence electrons. The molecule has 3 aliphatic heterocycles. The number of halogens is 1. The first-order valence-electron chi connectivity index (χ1n) is 14.5. The summed E-state index contributed by atoms with van der Waals surface area (Å²) in [6.07, 6.45) is 4.74. The number of piperidine rings is 1. The zero-order chi connectivity index (χ0) is 29.7. The van der Waals surface area contributed by atoms with Crippen molar-refractivity contribution in [2.45, 2.75) is 57.1 Å². The Morgan fingerprint density at radius 1 is 1.19 bits per heavy atom. The first-order valence-corrected chi connectivity index (χ1v) is 14.5. The van der Waals surface area contributed by atoms with E-state index in [9.17, 15) is 10.1 Å². The van der Waals surface area contributed by atoms with E-state index >= 15 is 4.39 Å². The number of aromatic nitrogens is 3. The number of carbonyl (C=O) groups excluding carboxylic acids is 1. The number of fused-ring (bicyclic) bond motifs is 2. The van der Waals surface area contributed by atoms with Crippen LogP contribution in [0.2, 0.25) is 0 Å². The maximum Gasteiger partial charge on any atom is 0.278 e. The molecule has 0 radical (unpaired) electrons. The summed E-state index contributed by atoms with van der Waals surface area (Å²) < 4.78 is 35.4. The second kappa shape index (κ2) is 10.6. The Balaban J connectivity index is 1.07. The highest BCUT2D eigenvalue weighted by molar-refractivity contribution is 5.92. The van der Waals surface area contributed by atoms with E-state index in [4.69, 9.17) is 24.9 Å². The summed E-state index contributed by atoms with van der Waals surface area (Å²) in [7, 11) is 0. The molecule has 0 aliphatic carbocycles. The smallest absolute Gasteiger partial charge is 0.278 e. The van der Waals surface area contributed by atoms with E-state index in [1.54, 1.807) is 19.2 Å². The second-order valence-electron chi connectivity index (χ2n) is 11.5. The van der Waals surface area contributed by atoms with Crippen LogP contribution in [0.4, 0.5) is 4.39 Å². The van der Waals surface area contributed by atoms with Gasteiger partial charge in [0.15, 0.2) is 11.5 Å². The molecule has 5 heterocycles. The summed E-state index contributed by atoms with van der Waals surface area (Å²) in [5.41, 5.74) is 8.68. The highest BCUT2D eigenvalue weighted by atomic mass is 19.1. The highest BCUT2D eigenvalue weighted by Gasteiger charge is 2.43. The van der Waals surface area contributed by atoms with Gasteiger partial charge in [-0.2, -0.15) is 5.26 Å². The molecular formula is C32H31FN6O4. The number of rotatable bonds is 7. The SMILES string of the molecule is C[C@]1(c2ccc(C(N)=O)cc2F)Oc2cccc(C3CCN(Cc4nc5cc(C#N)ncc5n4C[C@@H]4CCO4)CC3)c2O1. The molecule has 11 heteroatoms. The zero-order valence-electron chi connectivity index (χ0n) is 23.8. The first-order chi connectivity index (χ1) is 20.8. The largest absolute Gasteiger partial charge is 0.444 e. The van der Waals surface area contributed by atoms with Crippen molar-refractivity contribution in [3.05, 3.63) is 82.7 Å². The number of nitriles is 1. The van der Waals surface area contributed by atoms with Crippen molar-refractivity contribution in [3.63, 3.8) is 0 Å². The maximum absolute atomic E-state index is 15.0. The van der Waals surface area contributed by atoms with Gasteiger partial charge in [-0.3, -0.25) is 9.69 Å². The van der Waals surface area contributed by atoms with Crippen LogP contribution in [0, 0.1) is 17.1 Å². The Bertz CT molecular complexity index is 1770. The Labute approximate surface area is 247 Å². The van der Waals surface area contributed by atoms with E-state index in [0.717, 1.165) is 67.4 Å². The predicted molar refractivity (Wildman–Crippen MR) is 154 cm³/mol. The van der Waals surface area contributed by atoms with Gasteiger partial charge in [0, 0.05) is 30.7 Å². The van der Waals surface area contributed by atoms with Gasteiger partial charge in [0.05, 0.1) is 42.0 Å². The van der Waals surface area contributed by atoms with Gasteiger partial charge in [0.25, 0.3) is 5.79 Å². The van der Waals surface area contributed by atoms with Gasteiger partial charge in [0.1, 0.15) is 23.4 Å². The summed E-state index contributed by atoms with van der Waals surface area (Å²) in [5, 5.41) is 9.31. The molecule has 4 aromatic rings. The molecule has 0 spiro atoms. The third kappa shape index (κ3) is 4.96. The van der Waals surface area contributed by atoms with Crippen molar-refractivity contribution in [1.82, 2.24) is 19.4 Å². The molecule has 0 saturated carbocycles. The number of ether oxygens (including phenoxy) is 3. The van der Waals surface area contributed by atoms with Crippen LogP contribution in [0.15, 0.2) is 48.7 Å². The van der Waals surface area contributed by atoms with Gasteiger partial charge in [-0.15, -0.1) is 0 Å². The molecule has 3 aliphatic rings. The molecule has 43 heavy (non-hydrogen) atoms. The molecule has 7 rings (SSSR count). The van der Waals surface area contributed by atoms with Crippen LogP contribution in [0.25, 0.3) is 11.0 Å². The lowest BCUT2D eigenvalue weighted by Gasteiger charge is -2.33. The van der Waals surface area contributed by atoms with E-state index in [0.29, 0.717) is 30.3 Å². The Kier molecular flexibility index (Phi) is 6.75. The van der Waals surface area contributed by atoms with Crippen LogP contribution in [0.1, 0.15) is 65.1 Å². The summed E-state index contributed by atoms with van der Waals surface area (Å²) in [4.78, 5) is 23.1. The number of nitrogens with two attached hydrogens (primary N) is 1. The predicted octanol–water partition coefficient (Wildman–Crippen LogP) is 4.35. The number of pyridine rings is 1. The van der Waals surface area contributed by atoms with Crippen LogP contribution >= 0.6 is 0 Å². The van der Waals surface area contributed by atoms with Crippen molar-refractivity contribution in [2.75, 3.05) is 19.7 Å². The van der Waals surface area contributed by atoms with E-state index in [1.807, 2.05) is 12.1 Å². The number of likely N-dealkylation sites (tertiary alicyclic amines) is 1. The third-order valence-electron chi connectivity index (χ3n) is 8.75. The molecule has 2 atom stereocenters. The van der Waals surface area contributed by atoms with Crippen LogP contribution in [0.5, 0.6) is 11.5 Å². The lowest BCUT2D eigenvalue weighted by molar-refractivity contribution is -0.0712. The van der Waals surface area contributed by atoms with Crippen LogP contribution in [-0.2, 0) is 23.6 Å². The summed E-state index contributed by atoms with van der Waals surface area (Å²) >= 11 is 0. The summed E-state index contributed by atoms with van der Waals surface area (Å²) in [6.45, 7) is 5.58. The standard InChI is InChI=1S/C32H31FN6O4/c1-32(24-6-5-20(31(35)40)13-25(24)33)42-28-4-2-3-23(30(28)43-32)19-7-10-38(11-8-19)18-29-37-26-14-21(15-34)36-16-27(26)39(29)17-22-9-12-41-22/h2-6,13-14,16,19,22H,7-12,17-18H2,1H3,(H2,35,40)/t22-,32-/m0/s1. The molecule has 2 saturated heterocycles. The Morgan fingerprint density at radius 3 is 2.70 bits per heavy atom. The van der Waals surface area contributed by atoms with Gasteiger partial charge in [-0.05, 0) is 62.5 Å². The summed E-state index contributed by atoms with van der Waals surface area (Å²) in [5.74, 6) is -0.306. The molecule has 2 fully saturated rings. The average Bonchev–Trinajstić information content (AvgIpc) is 3.51. The fourth-order valence-corrected chi connectivity index (χ4v) is 6.31. The van der Waals surface area contributed by atoms with Crippen molar-refractivity contribution in [2.24, 2.45) is 5.73 Å². The minimum Gasteiger partial charge on any atom is -0.444 e. The fraction of sp³-hybridized carbons (Fsp3) is 0.375. The van der Waals surface area contributed by atoms with Gasteiger partial charge in [-0.1, -0.05) is 12.1 Å². The van der Waals surface area contributed by atoms with Gasteiger partial charge < -0.3 is 24.5 Å². The van der Waals surface area contributed by atoms with Gasteiger partial charge in [-0.25, -0.2) is 14.4 Å². The van der Waals surface area contributed by atoms with Crippen molar-refractivity contribution in [1.29, 1.82) is 5.26 Å². The average molecular weight is 583 g/mol. The molecule has 2 N–H and O–H groups in total. The number of para-hydroxylation sites is 1. The number of benzene rings is 2. The molecular weight excluding hydrogens is 551 g/mol. The summed E-state index contributed by atoms with van der Waals surface area (Å²) in [6, 6.07) is 13.8. The van der Waals surface area contributed by atoms with Crippen molar-refractivity contribution < 1.29 is 23.4 Å². The number of nitrogens with zero attached hydrogens (tertiary/aromatic N) is 5. The minimum absolute atomic E-state index is 0.0864. The maximum atomic E-state index is 15.0. The van der Waals surface area contributed by atoms with Crippen molar-refractivity contribution in [3.8, 4) is 17.6 Å². The lowest BCUT2D eigenvalue weighted by atomic mass is 9.88. The number of imidazole rings is 1. The second-order valence-corrected chi connectivity index (χ2v) is 11.5. The lowest BCUT2D eigenvalue weighted by Crippen LogP contribution is -2.35. The Morgan fingerprint density at radius 2 is 2.00 bits per heavy atom. The molecule has 0 bridgehead atoms. The number of amides is 1. The third-order valence-corrected chi connectivity index (χ3v) is 8.75. The van der Waals surface area contributed by atoms with Crippen LogP contribution in [-0.4, -0.2) is 51.1 Å². The minimum atomic E-state index is -1.37. The zero-order valence-corrected chi connectivity index (χ0v) is 23.8. The molecule has 1 amide bonds.